The molecule has 1 aromatic heterocycles. The summed E-state index contributed by atoms with van der Waals surface area (Å²) in [6, 6.07) is 19.4. The number of rotatable bonds is 1. The van der Waals surface area contributed by atoms with Crippen molar-refractivity contribution in [2.24, 2.45) is 0 Å². The molecule has 0 saturated heterocycles. The molecule has 1 aliphatic heterocycles. The molecule has 2 heteroatoms. The highest BCUT2D eigenvalue weighted by Crippen LogP contribution is 2.32. The lowest BCUT2D eigenvalue weighted by Crippen LogP contribution is -2.39. The molecule has 92 valence electrons. The van der Waals surface area contributed by atoms with Gasteiger partial charge >= 0.3 is 0 Å². The van der Waals surface area contributed by atoms with E-state index in [1.54, 1.807) is 0 Å². The molecule has 0 N–H and O–H groups in total. The number of aromatic nitrogens is 1. The SMILES string of the molecule is c1ccc(-c2csc3[n+]2CCc2ccccc2-3)cc1. The number of benzene rings is 2. The average molecular weight is 264 g/mol. The number of fused-ring (bicyclic) bond motifs is 3. The average Bonchev–Trinajstić information content (AvgIpc) is 2.92. The van der Waals surface area contributed by atoms with Crippen LogP contribution in [0.2, 0.25) is 0 Å². The van der Waals surface area contributed by atoms with Crippen LogP contribution in [0.5, 0.6) is 0 Å². The predicted molar refractivity (Wildman–Crippen MR) is 79.1 cm³/mol. The minimum absolute atomic E-state index is 1.08. The Morgan fingerprint density at radius 1 is 0.895 bits per heavy atom. The molecule has 3 aromatic rings. The predicted octanol–water partition coefficient (Wildman–Crippen LogP) is 3.93. The third kappa shape index (κ3) is 1.71. The Morgan fingerprint density at radius 2 is 1.68 bits per heavy atom. The van der Waals surface area contributed by atoms with Crippen molar-refractivity contribution in [1.29, 1.82) is 0 Å². The Kier molecular flexibility index (Phi) is 2.49. The second kappa shape index (κ2) is 4.32. The zero-order chi connectivity index (χ0) is 12.7. The third-order valence-corrected chi connectivity index (χ3v) is 4.74. The van der Waals surface area contributed by atoms with Gasteiger partial charge in [0, 0.05) is 12.0 Å². The van der Waals surface area contributed by atoms with Gasteiger partial charge < -0.3 is 0 Å². The summed E-state index contributed by atoms with van der Waals surface area (Å²) in [6.07, 6.45) is 1.13. The van der Waals surface area contributed by atoms with Gasteiger partial charge in [0.1, 0.15) is 0 Å². The van der Waals surface area contributed by atoms with E-state index in [0.717, 1.165) is 13.0 Å². The largest absolute Gasteiger partial charge is 0.269 e. The summed E-state index contributed by atoms with van der Waals surface area (Å²) in [5.74, 6) is 0. The summed E-state index contributed by atoms with van der Waals surface area (Å²) in [7, 11) is 0. The van der Waals surface area contributed by atoms with E-state index in [4.69, 9.17) is 0 Å². The molecule has 1 aliphatic rings. The van der Waals surface area contributed by atoms with Crippen LogP contribution in [-0.2, 0) is 13.0 Å². The van der Waals surface area contributed by atoms with Crippen LogP contribution >= 0.6 is 11.3 Å². The smallest absolute Gasteiger partial charge is 0.181 e. The van der Waals surface area contributed by atoms with Gasteiger partial charge in [-0.3, -0.25) is 0 Å². The van der Waals surface area contributed by atoms with Gasteiger partial charge in [0.25, 0.3) is 5.01 Å². The van der Waals surface area contributed by atoms with Gasteiger partial charge in [-0.15, -0.1) is 0 Å². The van der Waals surface area contributed by atoms with E-state index < -0.39 is 0 Å². The molecule has 0 fully saturated rings. The Hall–Kier alpha value is -1.93. The molecule has 19 heavy (non-hydrogen) atoms. The second-order valence-corrected chi connectivity index (χ2v) is 5.71. The molecule has 0 aliphatic carbocycles. The topological polar surface area (TPSA) is 3.88 Å². The summed E-state index contributed by atoms with van der Waals surface area (Å²) in [5, 5.41) is 3.67. The highest BCUT2D eigenvalue weighted by molar-refractivity contribution is 7.13. The lowest BCUT2D eigenvalue weighted by atomic mass is 10.0. The molecule has 0 radical (unpaired) electrons. The van der Waals surface area contributed by atoms with Crippen molar-refractivity contribution in [3.05, 3.63) is 65.5 Å². The van der Waals surface area contributed by atoms with Crippen LogP contribution < -0.4 is 4.57 Å². The molecule has 0 saturated carbocycles. The van der Waals surface area contributed by atoms with Gasteiger partial charge in [-0.2, -0.15) is 4.57 Å². The quantitative estimate of drug-likeness (QED) is 0.586. The van der Waals surface area contributed by atoms with E-state index in [0.29, 0.717) is 0 Å². The van der Waals surface area contributed by atoms with E-state index in [1.165, 1.54) is 27.4 Å². The molecule has 4 rings (SSSR count). The molecule has 0 atom stereocenters. The summed E-state index contributed by atoms with van der Waals surface area (Å²) >= 11 is 1.85. The Bertz CT molecular complexity index is 715. The zero-order valence-electron chi connectivity index (χ0n) is 10.5. The van der Waals surface area contributed by atoms with Crippen molar-refractivity contribution < 1.29 is 4.57 Å². The van der Waals surface area contributed by atoms with Crippen molar-refractivity contribution in [2.75, 3.05) is 0 Å². The van der Waals surface area contributed by atoms with Crippen LogP contribution in [0, 0.1) is 0 Å². The van der Waals surface area contributed by atoms with Gasteiger partial charge in [0.2, 0.25) is 5.69 Å². The molecule has 2 aromatic carbocycles. The number of thiazole rings is 1. The number of hydrogen-bond donors (Lipinski definition) is 0. The first kappa shape index (κ1) is 10.9. The fourth-order valence-electron chi connectivity index (χ4n) is 2.79. The Balaban J connectivity index is 1.91. The second-order valence-electron chi connectivity index (χ2n) is 4.85. The highest BCUT2D eigenvalue weighted by Gasteiger charge is 2.28. The van der Waals surface area contributed by atoms with Crippen LogP contribution in [0.4, 0.5) is 0 Å². The number of hydrogen-bond acceptors (Lipinski definition) is 1. The summed E-state index contributed by atoms with van der Waals surface area (Å²) < 4.78 is 2.46. The summed E-state index contributed by atoms with van der Waals surface area (Å²) in [6.45, 7) is 1.08. The molecule has 0 amide bonds. The van der Waals surface area contributed by atoms with Gasteiger partial charge in [0.05, 0.1) is 10.9 Å². The van der Waals surface area contributed by atoms with Gasteiger partial charge in [-0.05, 0) is 23.8 Å². The Morgan fingerprint density at radius 3 is 2.58 bits per heavy atom. The third-order valence-electron chi connectivity index (χ3n) is 3.74. The summed E-state index contributed by atoms with van der Waals surface area (Å²) in [4.78, 5) is 0. The van der Waals surface area contributed by atoms with E-state index >= 15 is 0 Å². The van der Waals surface area contributed by atoms with Crippen LogP contribution in [0.3, 0.4) is 0 Å². The highest BCUT2D eigenvalue weighted by atomic mass is 32.1. The normalized spacial score (nSPS) is 12.8. The van der Waals surface area contributed by atoms with Crippen LogP contribution in [0.15, 0.2) is 60.0 Å². The zero-order valence-corrected chi connectivity index (χ0v) is 11.4. The van der Waals surface area contributed by atoms with E-state index in [-0.39, 0.29) is 0 Å². The van der Waals surface area contributed by atoms with Crippen LogP contribution in [0.1, 0.15) is 5.56 Å². The van der Waals surface area contributed by atoms with Crippen LogP contribution in [-0.4, -0.2) is 0 Å². The van der Waals surface area contributed by atoms with Crippen molar-refractivity contribution in [1.82, 2.24) is 0 Å². The van der Waals surface area contributed by atoms with Crippen LogP contribution in [0.25, 0.3) is 21.8 Å². The molecule has 1 nitrogen and oxygen atoms in total. The summed E-state index contributed by atoms with van der Waals surface area (Å²) in [5.41, 5.74) is 5.53. The maximum absolute atomic E-state index is 2.46. The minimum atomic E-state index is 1.08. The maximum atomic E-state index is 2.46. The van der Waals surface area contributed by atoms with E-state index in [9.17, 15) is 0 Å². The van der Waals surface area contributed by atoms with Crippen molar-refractivity contribution in [3.8, 4) is 21.8 Å². The van der Waals surface area contributed by atoms with Crippen molar-refractivity contribution >= 4 is 11.3 Å². The first-order valence-corrected chi connectivity index (χ1v) is 7.46. The number of nitrogens with zero attached hydrogens (tertiary/aromatic N) is 1. The molecule has 0 bridgehead atoms. The molecule has 0 unspecified atom stereocenters. The fraction of sp³-hybridized carbons (Fsp3) is 0.118. The van der Waals surface area contributed by atoms with Gasteiger partial charge in [0.15, 0.2) is 6.54 Å². The molecular formula is C17H14NS+. The fourth-order valence-corrected chi connectivity index (χ4v) is 3.92. The molecular weight excluding hydrogens is 250 g/mol. The lowest BCUT2D eigenvalue weighted by Gasteiger charge is -2.11. The number of aryl methyl sites for hydroxylation is 1. The standard InChI is InChI=1S/C17H14NS/c1-2-7-14(8-3-1)16-12-19-17-15-9-5-4-6-13(15)10-11-18(16)17/h1-9,12H,10-11H2/q+1. The Labute approximate surface area is 116 Å². The molecule has 0 spiro atoms. The van der Waals surface area contributed by atoms with Gasteiger partial charge in [-0.25, -0.2) is 0 Å². The van der Waals surface area contributed by atoms with Crippen molar-refractivity contribution in [3.63, 3.8) is 0 Å². The maximum Gasteiger partial charge on any atom is 0.269 e. The minimum Gasteiger partial charge on any atom is -0.181 e. The van der Waals surface area contributed by atoms with E-state index in [1.807, 2.05) is 11.3 Å². The first-order chi connectivity index (χ1) is 9.43. The van der Waals surface area contributed by atoms with E-state index in [2.05, 4.69) is 64.5 Å². The molecule has 2 heterocycles. The first-order valence-electron chi connectivity index (χ1n) is 6.58. The monoisotopic (exact) mass is 264 g/mol. The lowest BCUT2D eigenvalue weighted by molar-refractivity contribution is -0.672. The van der Waals surface area contributed by atoms with Gasteiger partial charge in [-0.1, -0.05) is 47.7 Å². The van der Waals surface area contributed by atoms with Crippen molar-refractivity contribution in [2.45, 2.75) is 13.0 Å².